The van der Waals surface area contributed by atoms with Gasteiger partial charge in [0, 0.05) is 11.5 Å². The van der Waals surface area contributed by atoms with E-state index < -0.39 is 102 Å². The maximum atomic E-state index is 12.9. The fourth-order valence-corrected chi connectivity index (χ4v) is 3.57. The second kappa shape index (κ2) is 18.8. The fraction of sp³-hybridized carbons (Fsp3) is 0.652. The Labute approximate surface area is 257 Å². The lowest BCUT2D eigenvalue weighted by molar-refractivity contribution is -0.142. The lowest BCUT2D eigenvalue weighted by atomic mass is 10.1. The fourth-order valence-electron chi connectivity index (χ4n) is 3.07. The second-order valence-electron chi connectivity index (χ2n) is 9.46. The van der Waals surface area contributed by atoms with Crippen LogP contribution in [0.15, 0.2) is 0 Å². The Kier molecular flexibility index (Phi) is 17.2. The van der Waals surface area contributed by atoms with Crippen LogP contribution in [0.25, 0.3) is 0 Å². The van der Waals surface area contributed by atoms with Crippen molar-refractivity contribution in [2.45, 2.75) is 82.5 Å². The lowest BCUT2D eigenvalue weighted by Gasteiger charge is -2.26. The molecule has 0 aliphatic rings. The summed E-state index contributed by atoms with van der Waals surface area (Å²) in [5.74, 6) is -8.97. The molecule has 0 unspecified atom stereocenters. The number of carbonyl (C=O) groups is 8. The number of aliphatic hydroxyl groups excluding tert-OH is 1. The smallest absolute Gasteiger partial charge is 0.327 e. The Morgan fingerprint density at radius 2 is 1.02 bits per heavy atom. The predicted octanol–water partition coefficient (Wildman–Crippen LogP) is -4.92. The molecule has 0 aromatic heterocycles. The number of rotatable bonds is 18. The molecule has 0 radical (unpaired) electrons. The van der Waals surface area contributed by atoms with E-state index in [4.69, 9.17) is 10.8 Å². The first-order valence-electron chi connectivity index (χ1n) is 12.8. The molecule has 0 spiro atoms. The summed E-state index contributed by atoms with van der Waals surface area (Å²) in [6, 6.07) is -9.64. The van der Waals surface area contributed by atoms with Crippen molar-refractivity contribution < 1.29 is 53.7 Å². The van der Waals surface area contributed by atoms with Crippen molar-refractivity contribution in [3.8, 4) is 0 Å². The molecule has 43 heavy (non-hydrogen) atoms. The van der Waals surface area contributed by atoms with Gasteiger partial charge in [-0.25, -0.2) is 4.79 Å². The topological polar surface area (TPSA) is 295 Å². The highest BCUT2D eigenvalue weighted by Crippen LogP contribution is 2.02. The number of amides is 6. The number of aliphatic carboxylic acids is 2. The van der Waals surface area contributed by atoms with Gasteiger partial charge in [-0.05, 0) is 27.7 Å². The number of thiol groups is 2. The van der Waals surface area contributed by atoms with Crippen LogP contribution in [0.2, 0.25) is 0 Å². The summed E-state index contributed by atoms with van der Waals surface area (Å²) in [6.07, 6.45) is -2.52. The second-order valence-corrected chi connectivity index (χ2v) is 10.2. The van der Waals surface area contributed by atoms with Crippen LogP contribution in [0.1, 0.15) is 34.1 Å². The summed E-state index contributed by atoms with van der Waals surface area (Å²) < 4.78 is 0. The van der Waals surface area contributed by atoms with Crippen molar-refractivity contribution in [2.75, 3.05) is 11.5 Å². The van der Waals surface area contributed by atoms with Crippen LogP contribution in [0, 0.1) is 0 Å². The molecule has 0 heterocycles. The Hall–Kier alpha value is -3.62. The van der Waals surface area contributed by atoms with Gasteiger partial charge in [0.1, 0.15) is 36.3 Å². The van der Waals surface area contributed by atoms with Crippen LogP contribution in [-0.2, 0) is 38.4 Å². The average Bonchev–Trinajstić information content (AvgIpc) is 2.91. The van der Waals surface area contributed by atoms with E-state index in [1.165, 1.54) is 20.8 Å². The number of carbonyl (C=O) groups excluding carboxylic acids is 6. The first-order valence-corrected chi connectivity index (χ1v) is 14.0. The zero-order valence-corrected chi connectivity index (χ0v) is 25.6. The van der Waals surface area contributed by atoms with Crippen LogP contribution in [-0.4, -0.2) is 123 Å². The normalized spacial score (nSPS) is 16.4. The third-order valence-corrected chi connectivity index (χ3v) is 6.34. The van der Waals surface area contributed by atoms with E-state index >= 15 is 0 Å². The molecule has 0 aromatic rings. The summed E-state index contributed by atoms with van der Waals surface area (Å²) in [5, 5.41) is 41.6. The van der Waals surface area contributed by atoms with Crippen molar-refractivity contribution in [1.29, 1.82) is 0 Å². The largest absolute Gasteiger partial charge is 0.481 e. The number of nitrogens with two attached hydrogens (primary N) is 1. The van der Waals surface area contributed by atoms with Crippen LogP contribution in [0.5, 0.6) is 0 Å². The van der Waals surface area contributed by atoms with Gasteiger partial charge in [0.2, 0.25) is 35.4 Å². The minimum atomic E-state index is -1.76. The van der Waals surface area contributed by atoms with E-state index in [0.717, 1.165) is 6.92 Å². The molecule has 20 heteroatoms. The monoisotopic (exact) mass is 653 g/mol. The van der Waals surface area contributed by atoms with E-state index in [-0.39, 0.29) is 11.5 Å². The molecule has 0 rings (SSSR count). The number of nitrogens with one attached hydrogen (secondary N) is 6. The lowest BCUT2D eigenvalue weighted by Crippen LogP contribution is -2.61. The van der Waals surface area contributed by atoms with Gasteiger partial charge >= 0.3 is 11.9 Å². The number of hydrogen-bond donors (Lipinski definition) is 12. The van der Waals surface area contributed by atoms with E-state index in [0.29, 0.717) is 0 Å². The zero-order valence-electron chi connectivity index (χ0n) is 23.8. The maximum absolute atomic E-state index is 12.9. The molecule has 0 aliphatic carbocycles. The van der Waals surface area contributed by atoms with Gasteiger partial charge < -0.3 is 53.0 Å². The Balaban J connectivity index is 5.49. The minimum Gasteiger partial charge on any atom is -0.481 e. The molecule has 0 saturated carbocycles. The first-order chi connectivity index (χ1) is 19.9. The molecule has 6 amide bonds. The number of hydrogen-bond acceptors (Lipinski definition) is 12. The van der Waals surface area contributed by atoms with Gasteiger partial charge in [-0.3, -0.25) is 33.6 Å². The molecule has 0 bridgehead atoms. The predicted molar refractivity (Wildman–Crippen MR) is 156 cm³/mol. The van der Waals surface area contributed by atoms with Gasteiger partial charge in [-0.2, -0.15) is 25.3 Å². The van der Waals surface area contributed by atoms with E-state index in [9.17, 15) is 48.6 Å². The summed E-state index contributed by atoms with van der Waals surface area (Å²) in [6.45, 7) is 4.95. The molecular weight excluding hydrogens is 614 g/mol. The average molecular weight is 654 g/mol. The number of aliphatic hydroxyl groups is 1. The summed E-state index contributed by atoms with van der Waals surface area (Å²) >= 11 is 7.78. The number of carboxylic acids is 2. The van der Waals surface area contributed by atoms with Crippen molar-refractivity contribution in [3.63, 3.8) is 0 Å². The zero-order chi connectivity index (χ0) is 33.6. The van der Waals surface area contributed by atoms with E-state index in [1.807, 2.05) is 0 Å². The highest BCUT2D eigenvalue weighted by atomic mass is 32.1. The van der Waals surface area contributed by atoms with Gasteiger partial charge in [-0.1, -0.05) is 0 Å². The van der Waals surface area contributed by atoms with Crippen LogP contribution in [0.3, 0.4) is 0 Å². The van der Waals surface area contributed by atoms with E-state index in [1.54, 1.807) is 0 Å². The van der Waals surface area contributed by atoms with Crippen molar-refractivity contribution in [1.82, 2.24) is 31.9 Å². The SMILES string of the molecule is C[C@H](N)C(=O)N[C@@H](CS)C(=O)N[C@@H](CC(=O)O)C(=O)N[C@H](C(=O)N[C@@H](C)C(=O)N[C@@H](C)C(=O)N[C@@H](CS)C(=O)O)[C@@H](C)O. The van der Waals surface area contributed by atoms with Crippen LogP contribution < -0.4 is 37.6 Å². The third kappa shape index (κ3) is 13.9. The first kappa shape index (κ1) is 39.4. The quantitative estimate of drug-likeness (QED) is 0.0620. The molecule has 11 N–H and O–H groups in total. The van der Waals surface area contributed by atoms with Gasteiger partial charge in [0.15, 0.2) is 0 Å². The molecule has 0 aliphatic heterocycles. The van der Waals surface area contributed by atoms with Gasteiger partial charge in [0.05, 0.1) is 18.6 Å². The summed E-state index contributed by atoms with van der Waals surface area (Å²) in [5.41, 5.74) is 5.45. The van der Waals surface area contributed by atoms with E-state index in [2.05, 4.69) is 57.2 Å². The molecule has 0 saturated heterocycles. The number of carboxylic acid groups (broad SMARTS) is 2. The Morgan fingerprint density at radius 3 is 1.44 bits per heavy atom. The highest BCUT2D eigenvalue weighted by Gasteiger charge is 2.34. The van der Waals surface area contributed by atoms with Gasteiger partial charge in [-0.15, -0.1) is 0 Å². The molecule has 244 valence electrons. The molecule has 8 atom stereocenters. The Bertz CT molecular complexity index is 1060. The third-order valence-electron chi connectivity index (χ3n) is 5.60. The summed E-state index contributed by atoms with van der Waals surface area (Å²) in [7, 11) is 0. The van der Waals surface area contributed by atoms with Crippen molar-refractivity contribution in [3.05, 3.63) is 0 Å². The minimum absolute atomic E-state index is 0.211. The highest BCUT2D eigenvalue weighted by molar-refractivity contribution is 7.80. The Morgan fingerprint density at radius 1 is 0.605 bits per heavy atom. The molecule has 0 fully saturated rings. The maximum Gasteiger partial charge on any atom is 0.327 e. The van der Waals surface area contributed by atoms with Crippen LogP contribution in [0.4, 0.5) is 0 Å². The molecular formula is C23H39N7O11S2. The standard InChI is InChI=1S/C23H39N7O11S2/c1-8(24)17(34)28-13(6-42)21(38)27-12(5-15(32)33)20(37)30-16(11(4)31)22(39)26-9(2)18(35)25-10(3)19(36)29-14(7-43)23(40)41/h8-14,16,31,42-43H,5-7,24H2,1-4H3,(H,25,35)(H,26,39)(H,27,38)(H,28,34)(H,29,36)(H,30,37)(H,32,33)(H,40,41)/t8-,9-,10-,11+,12-,13-,14-,16-/m0/s1. The van der Waals surface area contributed by atoms with Crippen molar-refractivity contribution >= 4 is 72.6 Å². The summed E-state index contributed by atoms with van der Waals surface area (Å²) in [4.78, 5) is 97.3. The van der Waals surface area contributed by atoms with Gasteiger partial charge in [0.25, 0.3) is 0 Å². The molecule has 0 aromatic carbocycles. The van der Waals surface area contributed by atoms with Crippen molar-refractivity contribution in [2.24, 2.45) is 5.73 Å². The molecule has 18 nitrogen and oxygen atoms in total. The van der Waals surface area contributed by atoms with Crippen LogP contribution >= 0.6 is 25.3 Å².